The molecule has 0 bridgehead atoms. The van der Waals surface area contributed by atoms with Crippen molar-refractivity contribution in [1.82, 2.24) is 10.3 Å². The average molecular weight is 288 g/mol. The molecule has 1 heterocycles. The molecule has 0 unspecified atom stereocenters. The van der Waals surface area contributed by atoms with E-state index in [-0.39, 0.29) is 5.56 Å². The third-order valence-corrected chi connectivity index (χ3v) is 3.43. The smallest absolute Gasteiger partial charge is 0.322 e. The molecule has 1 aromatic carbocycles. The van der Waals surface area contributed by atoms with E-state index in [1.165, 1.54) is 18.2 Å². The third-order valence-electron chi connectivity index (χ3n) is 3.43. The fourth-order valence-electron chi connectivity index (χ4n) is 2.25. The van der Waals surface area contributed by atoms with Gasteiger partial charge in [-0.05, 0) is 37.1 Å². The Morgan fingerprint density at radius 2 is 2.10 bits per heavy atom. The standard InChI is InChI=1S/C15H13FN2O3/c16-9-3-4-12-10(5-9)11(15(21)17-7-14(19)20)6-13(18-12)8-1-2-8/h3-6,8H,1-2,7H2,(H,17,21)(H,19,20). The Kier molecular flexibility index (Phi) is 3.29. The first-order valence-electron chi connectivity index (χ1n) is 6.65. The highest BCUT2D eigenvalue weighted by atomic mass is 19.1. The first kappa shape index (κ1) is 13.5. The topological polar surface area (TPSA) is 79.3 Å². The number of carboxylic acid groups (broad SMARTS) is 1. The van der Waals surface area contributed by atoms with Gasteiger partial charge in [0, 0.05) is 17.0 Å². The van der Waals surface area contributed by atoms with E-state index < -0.39 is 24.2 Å². The van der Waals surface area contributed by atoms with Crippen LogP contribution < -0.4 is 5.32 Å². The summed E-state index contributed by atoms with van der Waals surface area (Å²) in [6, 6.07) is 5.71. The minimum atomic E-state index is -1.13. The van der Waals surface area contributed by atoms with E-state index in [1.54, 1.807) is 6.07 Å². The molecular weight excluding hydrogens is 275 g/mol. The molecule has 3 rings (SSSR count). The average Bonchev–Trinajstić information content (AvgIpc) is 3.28. The maximum atomic E-state index is 13.4. The minimum absolute atomic E-state index is 0.266. The summed E-state index contributed by atoms with van der Waals surface area (Å²) in [5.74, 6) is -1.78. The molecule has 6 heteroatoms. The van der Waals surface area contributed by atoms with Crippen LogP contribution in [0.4, 0.5) is 4.39 Å². The SMILES string of the molecule is O=C(O)CNC(=O)c1cc(C2CC2)nc2ccc(F)cc12. The number of aliphatic carboxylic acids is 1. The third kappa shape index (κ3) is 2.84. The Bertz CT molecular complexity index is 741. The summed E-state index contributed by atoms with van der Waals surface area (Å²) in [6.45, 7) is -0.475. The second-order valence-electron chi connectivity index (χ2n) is 5.11. The number of fused-ring (bicyclic) bond motifs is 1. The van der Waals surface area contributed by atoms with Crippen LogP contribution in [0.15, 0.2) is 24.3 Å². The highest BCUT2D eigenvalue weighted by molar-refractivity contribution is 6.06. The fourth-order valence-corrected chi connectivity index (χ4v) is 2.25. The second kappa shape index (κ2) is 5.12. The molecule has 0 atom stereocenters. The lowest BCUT2D eigenvalue weighted by molar-refractivity contribution is -0.135. The van der Waals surface area contributed by atoms with Crippen molar-refractivity contribution < 1.29 is 19.1 Å². The Balaban J connectivity index is 2.06. The van der Waals surface area contributed by atoms with Crippen LogP contribution in [0.5, 0.6) is 0 Å². The lowest BCUT2D eigenvalue weighted by Gasteiger charge is -2.09. The molecule has 0 radical (unpaired) electrons. The Morgan fingerprint density at radius 1 is 1.33 bits per heavy atom. The van der Waals surface area contributed by atoms with Crippen LogP contribution in [-0.4, -0.2) is 28.5 Å². The Hall–Kier alpha value is -2.50. The van der Waals surface area contributed by atoms with Gasteiger partial charge < -0.3 is 10.4 Å². The van der Waals surface area contributed by atoms with Crippen molar-refractivity contribution in [3.8, 4) is 0 Å². The number of nitrogens with one attached hydrogen (secondary N) is 1. The molecule has 5 nitrogen and oxygen atoms in total. The molecule has 1 aromatic heterocycles. The van der Waals surface area contributed by atoms with E-state index in [2.05, 4.69) is 10.3 Å². The van der Waals surface area contributed by atoms with Gasteiger partial charge >= 0.3 is 5.97 Å². The highest BCUT2D eigenvalue weighted by Crippen LogP contribution is 2.40. The van der Waals surface area contributed by atoms with Gasteiger partial charge in [-0.25, -0.2) is 4.39 Å². The van der Waals surface area contributed by atoms with Crippen molar-refractivity contribution in [3.63, 3.8) is 0 Å². The van der Waals surface area contributed by atoms with Crippen LogP contribution in [0.3, 0.4) is 0 Å². The number of pyridine rings is 1. The van der Waals surface area contributed by atoms with Crippen LogP contribution in [-0.2, 0) is 4.79 Å². The lowest BCUT2D eigenvalue weighted by atomic mass is 10.1. The van der Waals surface area contributed by atoms with Crippen molar-refractivity contribution in [2.75, 3.05) is 6.54 Å². The van der Waals surface area contributed by atoms with E-state index in [9.17, 15) is 14.0 Å². The molecule has 2 aromatic rings. The quantitative estimate of drug-likeness (QED) is 0.902. The van der Waals surface area contributed by atoms with Gasteiger partial charge in [0.1, 0.15) is 12.4 Å². The zero-order valence-electron chi connectivity index (χ0n) is 11.1. The van der Waals surface area contributed by atoms with E-state index in [0.29, 0.717) is 16.8 Å². The van der Waals surface area contributed by atoms with Crippen LogP contribution in [0.25, 0.3) is 10.9 Å². The highest BCUT2D eigenvalue weighted by Gasteiger charge is 2.27. The lowest BCUT2D eigenvalue weighted by Crippen LogP contribution is -2.29. The van der Waals surface area contributed by atoms with E-state index in [1.807, 2.05) is 0 Å². The number of halogens is 1. The van der Waals surface area contributed by atoms with Crippen LogP contribution in [0.1, 0.15) is 34.8 Å². The molecule has 1 saturated carbocycles. The summed E-state index contributed by atoms with van der Waals surface area (Å²) in [6.07, 6.45) is 2.05. The number of amides is 1. The summed E-state index contributed by atoms with van der Waals surface area (Å²) in [5.41, 5.74) is 1.61. The van der Waals surface area contributed by atoms with Gasteiger partial charge in [0.05, 0.1) is 11.1 Å². The first-order chi connectivity index (χ1) is 10.0. The number of hydrogen-bond donors (Lipinski definition) is 2. The van der Waals surface area contributed by atoms with Crippen LogP contribution in [0.2, 0.25) is 0 Å². The first-order valence-corrected chi connectivity index (χ1v) is 6.65. The van der Waals surface area contributed by atoms with Crippen molar-refractivity contribution in [2.24, 2.45) is 0 Å². The number of carbonyl (C=O) groups excluding carboxylic acids is 1. The number of aromatic nitrogens is 1. The molecule has 1 aliphatic carbocycles. The van der Waals surface area contributed by atoms with Crippen molar-refractivity contribution in [1.29, 1.82) is 0 Å². The molecular formula is C15H13FN2O3. The van der Waals surface area contributed by atoms with Gasteiger partial charge in [-0.3, -0.25) is 14.6 Å². The van der Waals surface area contributed by atoms with Gasteiger partial charge in [-0.1, -0.05) is 0 Å². The van der Waals surface area contributed by atoms with Crippen molar-refractivity contribution >= 4 is 22.8 Å². The Labute approximate surface area is 119 Å². The van der Waals surface area contributed by atoms with E-state index in [4.69, 9.17) is 5.11 Å². The monoisotopic (exact) mass is 288 g/mol. The van der Waals surface area contributed by atoms with E-state index >= 15 is 0 Å². The summed E-state index contributed by atoms with van der Waals surface area (Å²) < 4.78 is 13.4. The molecule has 1 aliphatic rings. The van der Waals surface area contributed by atoms with Crippen molar-refractivity contribution in [3.05, 3.63) is 41.3 Å². The number of benzene rings is 1. The molecule has 1 amide bonds. The van der Waals surface area contributed by atoms with Gasteiger partial charge in [0.15, 0.2) is 0 Å². The summed E-state index contributed by atoms with van der Waals surface area (Å²) in [4.78, 5) is 27.1. The van der Waals surface area contributed by atoms with Gasteiger partial charge in [0.2, 0.25) is 0 Å². The summed E-state index contributed by atoms with van der Waals surface area (Å²) >= 11 is 0. The van der Waals surface area contributed by atoms with Gasteiger partial charge in [-0.15, -0.1) is 0 Å². The summed E-state index contributed by atoms with van der Waals surface area (Å²) in [5, 5.41) is 11.3. The second-order valence-corrected chi connectivity index (χ2v) is 5.11. The number of hydrogen-bond acceptors (Lipinski definition) is 3. The largest absolute Gasteiger partial charge is 0.480 e. The number of carboxylic acids is 1. The van der Waals surface area contributed by atoms with Crippen LogP contribution in [0, 0.1) is 5.82 Å². The summed E-state index contributed by atoms with van der Waals surface area (Å²) in [7, 11) is 0. The van der Waals surface area contributed by atoms with Crippen LogP contribution >= 0.6 is 0 Å². The van der Waals surface area contributed by atoms with Gasteiger partial charge in [0.25, 0.3) is 5.91 Å². The molecule has 0 spiro atoms. The maximum absolute atomic E-state index is 13.4. The normalized spacial score (nSPS) is 14.1. The number of nitrogens with zero attached hydrogens (tertiary/aromatic N) is 1. The van der Waals surface area contributed by atoms with Gasteiger partial charge in [-0.2, -0.15) is 0 Å². The molecule has 1 fully saturated rings. The number of carbonyl (C=O) groups is 2. The molecule has 21 heavy (non-hydrogen) atoms. The van der Waals surface area contributed by atoms with Crippen molar-refractivity contribution in [2.45, 2.75) is 18.8 Å². The zero-order valence-corrected chi connectivity index (χ0v) is 11.1. The predicted molar refractivity (Wildman–Crippen MR) is 73.6 cm³/mol. The molecule has 0 saturated heterocycles. The van der Waals surface area contributed by atoms with E-state index in [0.717, 1.165) is 18.5 Å². The Morgan fingerprint density at radius 3 is 2.76 bits per heavy atom. The predicted octanol–water partition coefficient (Wildman–Crippen LogP) is 2.07. The molecule has 108 valence electrons. The zero-order chi connectivity index (χ0) is 15.0. The number of rotatable bonds is 4. The minimum Gasteiger partial charge on any atom is -0.480 e. The molecule has 0 aliphatic heterocycles. The maximum Gasteiger partial charge on any atom is 0.322 e. The molecule has 2 N–H and O–H groups in total. The fraction of sp³-hybridized carbons (Fsp3) is 0.267.